The SMILES string of the molecule is Cc1cc(CC(=O)c2cc(S(=O)(=O)N[C@H]3CCOC3)sc2Cl)ccc1F. The maximum atomic E-state index is 13.3. The molecule has 1 aromatic heterocycles. The third kappa shape index (κ3) is 4.32. The lowest BCUT2D eigenvalue weighted by Gasteiger charge is -2.09. The van der Waals surface area contributed by atoms with Crippen molar-refractivity contribution in [1.29, 1.82) is 0 Å². The number of sulfonamides is 1. The molecule has 5 nitrogen and oxygen atoms in total. The van der Waals surface area contributed by atoms with Crippen LogP contribution < -0.4 is 4.72 Å². The van der Waals surface area contributed by atoms with Crippen molar-refractivity contribution in [2.45, 2.75) is 30.0 Å². The molecule has 2 heterocycles. The van der Waals surface area contributed by atoms with Crippen LogP contribution in [-0.2, 0) is 21.2 Å². The van der Waals surface area contributed by atoms with Crippen LogP contribution >= 0.6 is 22.9 Å². The first kappa shape index (κ1) is 19.4. The van der Waals surface area contributed by atoms with Gasteiger partial charge in [-0.3, -0.25) is 4.79 Å². The van der Waals surface area contributed by atoms with E-state index >= 15 is 0 Å². The summed E-state index contributed by atoms with van der Waals surface area (Å²) in [6.45, 7) is 2.46. The molecule has 1 fully saturated rings. The van der Waals surface area contributed by atoms with E-state index in [9.17, 15) is 17.6 Å². The number of hydrogen-bond donors (Lipinski definition) is 1. The van der Waals surface area contributed by atoms with Crippen LogP contribution in [0.2, 0.25) is 4.34 Å². The number of ketones is 1. The van der Waals surface area contributed by atoms with Gasteiger partial charge in [-0.05, 0) is 36.6 Å². The van der Waals surface area contributed by atoms with Gasteiger partial charge in [-0.2, -0.15) is 0 Å². The van der Waals surface area contributed by atoms with Crippen molar-refractivity contribution < 1.29 is 22.3 Å². The molecular formula is C17H17ClFNO4S2. The van der Waals surface area contributed by atoms with E-state index in [2.05, 4.69) is 4.72 Å². The minimum absolute atomic E-state index is 0.00645. The zero-order valence-corrected chi connectivity index (χ0v) is 16.3. The predicted molar refractivity (Wildman–Crippen MR) is 98.0 cm³/mol. The molecule has 0 saturated carbocycles. The maximum absolute atomic E-state index is 13.3. The van der Waals surface area contributed by atoms with Gasteiger partial charge in [-0.1, -0.05) is 23.7 Å². The molecule has 0 unspecified atom stereocenters. The summed E-state index contributed by atoms with van der Waals surface area (Å²) in [6, 6.07) is 5.44. The Hall–Kier alpha value is -1.32. The van der Waals surface area contributed by atoms with Gasteiger partial charge in [0.05, 0.1) is 6.61 Å². The van der Waals surface area contributed by atoms with Gasteiger partial charge in [0.2, 0.25) is 10.0 Å². The van der Waals surface area contributed by atoms with Crippen molar-refractivity contribution >= 4 is 38.7 Å². The van der Waals surface area contributed by atoms with Crippen LogP contribution in [0.5, 0.6) is 0 Å². The van der Waals surface area contributed by atoms with Crippen LogP contribution in [0.4, 0.5) is 4.39 Å². The Bertz CT molecular complexity index is 936. The van der Waals surface area contributed by atoms with E-state index in [4.69, 9.17) is 16.3 Å². The molecule has 1 saturated heterocycles. The molecule has 0 radical (unpaired) electrons. The van der Waals surface area contributed by atoms with Gasteiger partial charge >= 0.3 is 0 Å². The minimum atomic E-state index is -3.76. The molecule has 0 aliphatic carbocycles. The summed E-state index contributed by atoms with van der Waals surface area (Å²) < 4.78 is 46.1. The Balaban J connectivity index is 1.78. The fourth-order valence-electron chi connectivity index (χ4n) is 2.67. The van der Waals surface area contributed by atoms with Crippen molar-refractivity contribution in [2.24, 2.45) is 0 Å². The number of aryl methyl sites for hydroxylation is 1. The van der Waals surface area contributed by atoms with Crippen molar-refractivity contribution in [3.8, 4) is 0 Å². The number of halogens is 2. The van der Waals surface area contributed by atoms with Gasteiger partial charge in [0.15, 0.2) is 5.78 Å². The monoisotopic (exact) mass is 417 g/mol. The van der Waals surface area contributed by atoms with E-state index in [0.29, 0.717) is 30.8 Å². The summed E-state index contributed by atoms with van der Waals surface area (Å²) in [5, 5.41) is 0. The lowest BCUT2D eigenvalue weighted by Crippen LogP contribution is -2.34. The van der Waals surface area contributed by atoms with E-state index < -0.39 is 10.0 Å². The second-order valence-corrected chi connectivity index (χ2v) is 9.71. The van der Waals surface area contributed by atoms with E-state index in [1.165, 1.54) is 18.2 Å². The summed E-state index contributed by atoms with van der Waals surface area (Å²) in [4.78, 5) is 12.5. The number of ether oxygens (including phenoxy) is 1. The lowest BCUT2D eigenvalue weighted by molar-refractivity contribution is 0.0993. The molecule has 1 atom stereocenters. The van der Waals surface area contributed by atoms with E-state index in [1.54, 1.807) is 13.0 Å². The van der Waals surface area contributed by atoms with Crippen LogP contribution in [0.15, 0.2) is 28.5 Å². The first-order valence-corrected chi connectivity index (χ1v) is 10.6. The molecule has 2 aromatic rings. The Kier molecular flexibility index (Phi) is 5.78. The van der Waals surface area contributed by atoms with Crippen LogP contribution in [-0.4, -0.2) is 33.5 Å². The summed E-state index contributed by atoms with van der Waals surface area (Å²) in [7, 11) is -3.76. The quantitative estimate of drug-likeness (QED) is 0.731. The second kappa shape index (κ2) is 7.74. The third-order valence-corrected chi connectivity index (χ3v) is 7.42. The first-order valence-electron chi connectivity index (χ1n) is 7.94. The predicted octanol–water partition coefficient (Wildman–Crippen LogP) is 3.34. The van der Waals surface area contributed by atoms with Crippen molar-refractivity contribution in [1.82, 2.24) is 4.72 Å². The molecule has 1 aliphatic rings. The molecule has 0 spiro atoms. The summed E-state index contributed by atoms with van der Waals surface area (Å²) in [6.07, 6.45) is 0.620. The largest absolute Gasteiger partial charge is 0.380 e. The van der Waals surface area contributed by atoms with Crippen molar-refractivity contribution in [3.63, 3.8) is 0 Å². The highest BCUT2D eigenvalue weighted by atomic mass is 35.5. The Morgan fingerprint density at radius 2 is 2.19 bits per heavy atom. The second-order valence-electron chi connectivity index (χ2n) is 6.12. The number of hydrogen-bond acceptors (Lipinski definition) is 5. The minimum Gasteiger partial charge on any atom is -0.380 e. The number of Topliss-reactive ketones (excluding diaryl/α,β-unsaturated/α-hetero) is 1. The highest BCUT2D eigenvalue weighted by Gasteiger charge is 2.27. The number of rotatable bonds is 6. The average Bonchev–Trinajstić information content (AvgIpc) is 3.20. The molecule has 1 aromatic carbocycles. The average molecular weight is 418 g/mol. The van der Waals surface area contributed by atoms with Crippen LogP contribution in [0, 0.1) is 12.7 Å². The van der Waals surface area contributed by atoms with Crippen LogP contribution in [0.3, 0.4) is 0 Å². The smallest absolute Gasteiger partial charge is 0.250 e. The standard InChI is InChI=1S/C17H17ClFNO4S2/c1-10-6-11(2-3-14(10)19)7-15(21)13-8-16(25-17(13)18)26(22,23)20-12-4-5-24-9-12/h2-3,6,8,12,20H,4-5,7,9H2,1H3/t12-/m0/s1. The zero-order valence-electron chi connectivity index (χ0n) is 13.9. The molecule has 1 N–H and O–H groups in total. The van der Waals surface area contributed by atoms with E-state index in [-0.39, 0.29) is 38.2 Å². The molecule has 9 heteroatoms. The van der Waals surface area contributed by atoms with Gasteiger partial charge in [-0.25, -0.2) is 17.5 Å². The number of carbonyl (C=O) groups is 1. The van der Waals surface area contributed by atoms with Gasteiger partial charge in [-0.15, -0.1) is 11.3 Å². The van der Waals surface area contributed by atoms with Crippen molar-refractivity contribution in [2.75, 3.05) is 13.2 Å². The van der Waals surface area contributed by atoms with Gasteiger partial charge < -0.3 is 4.74 Å². The van der Waals surface area contributed by atoms with Gasteiger partial charge in [0, 0.05) is 24.6 Å². The normalized spacial score (nSPS) is 17.6. The Labute approximate surface area is 160 Å². The maximum Gasteiger partial charge on any atom is 0.250 e. The summed E-state index contributed by atoms with van der Waals surface area (Å²) in [5.41, 5.74) is 1.24. The van der Waals surface area contributed by atoms with Crippen molar-refractivity contribution in [3.05, 3.63) is 51.1 Å². The number of carbonyl (C=O) groups excluding carboxylic acids is 1. The molecular weight excluding hydrogens is 401 g/mol. The Morgan fingerprint density at radius 1 is 1.42 bits per heavy atom. The third-order valence-electron chi connectivity index (χ3n) is 4.07. The van der Waals surface area contributed by atoms with E-state index in [1.807, 2.05) is 0 Å². The lowest BCUT2D eigenvalue weighted by atomic mass is 10.0. The topological polar surface area (TPSA) is 72.5 Å². The fraction of sp³-hybridized carbons (Fsp3) is 0.353. The first-order chi connectivity index (χ1) is 12.3. The molecule has 140 valence electrons. The van der Waals surface area contributed by atoms with E-state index in [0.717, 1.165) is 11.3 Å². The van der Waals surface area contributed by atoms with Gasteiger partial charge in [0.1, 0.15) is 14.4 Å². The molecule has 26 heavy (non-hydrogen) atoms. The van der Waals surface area contributed by atoms with Gasteiger partial charge in [0.25, 0.3) is 0 Å². The summed E-state index contributed by atoms with van der Waals surface area (Å²) >= 11 is 6.95. The Morgan fingerprint density at radius 3 is 2.85 bits per heavy atom. The number of benzene rings is 1. The number of thiophene rings is 1. The molecule has 1 aliphatic heterocycles. The highest BCUT2D eigenvalue weighted by Crippen LogP contribution is 2.32. The van der Waals surface area contributed by atoms with Crippen LogP contribution in [0.1, 0.15) is 27.9 Å². The van der Waals surface area contributed by atoms with Crippen LogP contribution in [0.25, 0.3) is 0 Å². The molecule has 0 bridgehead atoms. The highest BCUT2D eigenvalue weighted by molar-refractivity contribution is 7.91. The fourth-order valence-corrected chi connectivity index (χ4v) is 5.70. The molecule has 3 rings (SSSR count). The number of nitrogens with one attached hydrogen (secondary N) is 1. The molecule has 0 amide bonds. The summed E-state index contributed by atoms with van der Waals surface area (Å²) in [5.74, 6) is -0.659. The zero-order chi connectivity index (χ0) is 18.9.